The molecule has 15 heavy (non-hydrogen) atoms. The van der Waals surface area contributed by atoms with Crippen LogP contribution < -0.4 is 0 Å². The molecule has 6 heteroatoms. The number of carboxylic acid groups (broad SMARTS) is 1. The quantitative estimate of drug-likeness (QED) is 0.634. The normalized spacial score (nSPS) is 9.93. The van der Waals surface area contributed by atoms with Crippen molar-refractivity contribution in [3.63, 3.8) is 0 Å². The molecule has 0 aliphatic rings. The summed E-state index contributed by atoms with van der Waals surface area (Å²) in [5.41, 5.74) is 0.503. The second-order valence-electron chi connectivity index (χ2n) is 2.93. The standard InChI is InChI=1S/C9H8ClNO4/c10-8-5-7(11(14)15)3-1-6(8)2-4-9(12)13/h1,3,5H,2,4H2,(H,12,13). The summed E-state index contributed by atoms with van der Waals surface area (Å²) in [5.74, 6) is -0.926. The summed E-state index contributed by atoms with van der Waals surface area (Å²) >= 11 is 5.76. The van der Waals surface area contributed by atoms with Crippen molar-refractivity contribution in [3.05, 3.63) is 38.9 Å². The lowest BCUT2D eigenvalue weighted by atomic mass is 10.1. The number of nitro benzene ring substituents is 1. The highest BCUT2D eigenvalue weighted by Gasteiger charge is 2.10. The molecule has 0 spiro atoms. The summed E-state index contributed by atoms with van der Waals surface area (Å²) in [4.78, 5) is 20.1. The highest BCUT2D eigenvalue weighted by atomic mass is 35.5. The Morgan fingerprint density at radius 1 is 1.53 bits per heavy atom. The number of benzene rings is 1. The zero-order valence-corrected chi connectivity index (χ0v) is 8.40. The third-order valence-corrected chi connectivity index (χ3v) is 2.21. The predicted molar refractivity (Wildman–Crippen MR) is 54.1 cm³/mol. The second kappa shape index (κ2) is 4.75. The first-order chi connectivity index (χ1) is 7.00. The van der Waals surface area contributed by atoms with E-state index in [1.54, 1.807) is 0 Å². The Morgan fingerprint density at radius 2 is 2.20 bits per heavy atom. The van der Waals surface area contributed by atoms with Crippen LogP contribution in [0.15, 0.2) is 18.2 Å². The van der Waals surface area contributed by atoms with E-state index in [4.69, 9.17) is 16.7 Å². The molecular formula is C9H8ClNO4. The van der Waals surface area contributed by atoms with E-state index < -0.39 is 10.9 Å². The maximum absolute atomic E-state index is 10.4. The molecule has 0 atom stereocenters. The van der Waals surface area contributed by atoms with Crippen LogP contribution in [0.4, 0.5) is 5.69 Å². The number of carbonyl (C=O) groups is 1. The summed E-state index contributed by atoms with van der Waals surface area (Å²) in [6.45, 7) is 0. The topological polar surface area (TPSA) is 80.4 Å². The number of non-ortho nitro benzene ring substituents is 1. The molecule has 0 aliphatic carbocycles. The van der Waals surface area contributed by atoms with E-state index >= 15 is 0 Å². The van der Waals surface area contributed by atoms with Crippen LogP contribution in [0.25, 0.3) is 0 Å². The highest BCUT2D eigenvalue weighted by molar-refractivity contribution is 6.31. The summed E-state index contributed by atoms with van der Waals surface area (Å²) in [6.07, 6.45) is 0.226. The van der Waals surface area contributed by atoms with Gasteiger partial charge >= 0.3 is 5.97 Å². The molecule has 0 fully saturated rings. The minimum absolute atomic E-state index is 0.0441. The molecule has 1 rings (SSSR count). The van der Waals surface area contributed by atoms with Gasteiger partial charge in [0.2, 0.25) is 0 Å². The number of carboxylic acids is 1. The van der Waals surface area contributed by atoms with Gasteiger partial charge < -0.3 is 5.11 Å². The molecular weight excluding hydrogens is 222 g/mol. The van der Waals surface area contributed by atoms with Crippen LogP contribution >= 0.6 is 11.6 Å². The van der Waals surface area contributed by atoms with Crippen LogP contribution in [-0.2, 0) is 11.2 Å². The largest absolute Gasteiger partial charge is 0.481 e. The van der Waals surface area contributed by atoms with Crippen molar-refractivity contribution in [3.8, 4) is 0 Å². The second-order valence-corrected chi connectivity index (χ2v) is 3.33. The summed E-state index contributed by atoms with van der Waals surface area (Å²) in [6, 6.07) is 4.01. The molecule has 0 unspecified atom stereocenters. The molecule has 0 saturated heterocycles. The minimum atomic E-state index is -0.926. The number of rotatable bonds is 4. The van der Waals surface area contributed by atoms with E-state index in [1.165, 1.54) is 18.2 Å². The van der Waals surface area contributed by atoms with Gasteiger partial charge in [0.15, 0.2) is 0 Å². The zero-order valence-electron chi connectivity index (χ0n) is 7.64. The van der Waals surface area contributed by atoms with Gasteiger partial charge in [-0.1, -0.05) is 17.7 Å². The Balaban J connectivity index is 2.83. The third-order valence-electron chi connectivity index (χ3n) is 1.86. The van der Waals surface area contributed by atoms with Gasteiger partial charge in [-0.25, -0.2) is 0 Å². The van der Waals surface area contributed by atoms with Crippen molar-refractivity contribution < 1.29 is 14.8 Å². The van der Waals surface area contributed by atoms with E-state index in [9.17, 15) is 14.9 Å². The van der Waals surface area contributed by atoms with Gasteiger partial charge in [-0.2, -0.15) is 0 Å². The Kier molecular flexibility index (Phi) is 3.62. The third kappa shape index (κ3) is 3.21. The summed E-state index contributed by atoms with van der Waals surface area (Å²) in [7, 11) is 0. The Hall–Kier alpha value is -1.62. The van der Waals surface area contributed by atoms with E-state index in [0.717, 1.165) is 0 Å². The van der Waals surface area contributed by atoms with Gasteiger partial charge in [-0.15, -0.1) is 0 Å². The highest BCUT2D eigenvalue weighted by Crippen LogP contribution is 2.23. The van der Waals surface area contributed by atoms with Crippen LogP contribution in [0.5, 0.6) is 0 Å². The number of nitro groups is 1. The molecule has 1 aromatic carbocycles. The first kappa shape index (κ1) is 11.5. The Morgan fingerprint density at radius 3 is 2.67 bits per heavy atom. The minimum Gasteiger partial charge on any atom is -0.481 e. The van der Waals surface area contributed by atoms with Gasteiger partial charge in [0.05, 0.1) is 9.95 Å². The smallest absolute Gasteiger partial charge is 0.303 e. The fourth-order valence-electron chi connectivity index (χ4n) is 1.09. The van der Waals surface area contributed by atoms with Crippen LogP contribution in [0.3, 0.4) is 0 Å². The molecule has 0 aliphatic heterocycles. The van der Waals surface area contributed by atoms with Gasteiger partial charge in [-0.05, 0) is 12.0 Å². The van der Waals surface area contributed by atoms with Crippen molar-refractivity contribution >= 4 is 23.3 Å². The maximum Gasteiger partial charge on any atom is 0.303 e. The van der Waals surface area contributed by atoms with Gasteiger partial charge in [0.25, 0.3) is 5.69 Å². The molecule has 0 saturated carbocycles. The van der Waals surface area contributed by atoms with E-state index in [0.29, 0.717) is 5.56 Å². The molecule has 0 aromatic heterocycles. The number of hydrogen-bond acceptors (Lipinski definition) is 3. The zero-order chi connectivity index (χ0) is 11.4. The van der Waals surface area contributed by atoms with E-state index in [1.807, 2.05) is 0 Å². The Bertz CT molecular complexity index is 405. The average Bonchev–Trinajstić information content (AvgIpc) is 2.15. The number of aliphatic carboxylic acids is 1. The molecule has 0 radical (unpaired) electrons. The van der Waals surface area contributed by atoms with Crippen molar-refractivity contribution in [2.75, 3.05) is 0 Å². The fraction of sp³-hybridized carbons (Fsp3) is 0.222. The van der Waals surface area contributed by atoms with Crippen molar-refractivity contribution in [1.29, 1.82) is 0 Å². The molecule has 1 aromatic rings. The lowest BCUT2D eigenvalue weighted by Crippen LogP contribution is -1.98. The number of nitrogens with zero attached hydrogens (tertiary/aromatic N) is 1. The first-order valence-electron chi connectivity index (χ1n) is 4.15. The fourth-order valence-corrected chi connectivity index (χ4v) is 1.36. The molecule has 1 N–H and O–H groups in total. The van der Waals surface area contributed by atoms with Crippen LogP contribution in [0.2, 0.25) is 5.02 Å². The molecule has 80 valence electrons. The maximum atomic E-state index is 10.4. The van der Waals surface area contributed by atoms with E-state index in [-0.39, 0.29) is 23.6 Å². The molecule has 5 nitrogen and oxygen atoms in total. The first-order valence-corrected chi connectivity index (χ1v) is 4.53. The predicted octanol–water partition coefficient (Wildman–Crippen LogP) is 2.27. The van der Waals surface area contributed by atoms with Gasteiger partial charge in [-0.3, -0.25) is 14.9 Å². The number of hydrogen-bond donors (Lipinski definition) is 1. The number of aryl methyl sites for hydroxylation is 1. The SMILES string of the molecule is O=C(O)CCc1ccc([N+](=O)[O-])cc1Cl. The number of halogens is 1. The Labute approximate surface area is 90.4 Å². The lowest BCUT2D eigenvalue weighted by Gasteiger charge is -2.01. The van der Waals surface area contributed by atoms with Crippen LogP contribution in [0.1, 0.15) is 12.0 Å². The lowest BCUT2D eigenvalue weighted by molar-refractivity contribution is -0.384. The summed E-state index contributed by atoms with van der Waals surface area (Å²) in [5, 5.41) is 19.1. The molecule has 0 bridgehead atoms. The van der Waals surface area contributed by atoms with Gasteiger partial charge in [0.1, 0.15) is 0 Å². The van der Waals surface area contributed by atoms with Crippen molar-refractivity contribution in [2.45, 2.75) is 12.8 Å². The van der Waals surface area contributed by atoms with Gasteiger partial charge in [0, 0.05) is 18.6 Å². The monoisotopic (exact) mass is 229 g/mol. The van der Waals surface area contributed by atoms with Crippen LogP contribution in [-0.4, -0.2) is 16.0 Å². The molecule has 0 amide bonds. The van der Waals surface area contributed by atoms with Crippen molar-refractivity contribution in [2.24, 2.45) is 0 Å². The average molecular weight is 230 g/mol. The van der Waals surface area contributed by atoms with Crippen molar-refractivity contribution in [1.82, 2.24) is 0 Å². The summed E-state index contributed by atoms with van der Waals surface area (Å²) < 4.78 is 0. The molecule has 0 heterocycles. The van der Waals surface area contributed by atoms with Crippen LogP contribution in [0, 0.1) is 10.1 Å². The van der Waals surface area contributed by atoms with E-state index in [2.05, 4.69) is 0 Å².